The van der Waals surface area contributed by atoms with Gasteiger partial charge in [0.1, 0.15) is 11.2 Å². The summed E-state index contributed by atoms with van der Waals surface area (Å²) in [4.78, 5) is 13.7. The normalized spacial score (nSPS) is 19.5. The smallest absolute Gasteiger partial charge is 0.233 e. The summed E-state index contributed by atoms with van der Waals surface area (Å²) in [5, 5.41) is 3.09. The zero-order valence-electron chi connectivity index (χ0n) is 11.2. The summed E-state index contributed by atoms with van der Waals surface area (Å²) in [6.45, 7) is 5.47. The highest BCUT2D eigenvalue weighted by Gasteiger charge is 2.33. The second kappa shape index (κ2) is 6.39. The van der Waals surface area contributed by atoms with Crippen molar-refractivity contribution in [1.82, 2.24) is 10.2 Å². The van der Waals surface area contributed by atoms with Gasteiger partial charge in [0.15, 0.2) is 0 Å². The third-order valence-corrected chi connectivity index (χ3v) is 4.28. The van der Waals surface area contributed by atoms with Crippen LogP contribution in [-0.2, 0) is 4.79 Å². The van der Waals surface area contributed by atoms with Crippen molar-refractivity contribution in [2.24, 2.45) is 0 Å². The van der Waals surface area contributed by atoms with Crippen LogP contribution in [0.1, 0.15) is 24.8 Å². The van der Waals surface area contributed by atoms with Crippen molar-refractivity contribution < 1.29 is 9.18 Å². The fourth-order valence-electron chi connectivity index (χ4n) is 2.10. The fourth-order valence-corrected chi connectivity index (χ4v) is 3.34. The van der Waals surface area contributed by atoms with Gasteiger partial charge in [-0.05, 0) is 6.07 Å². The summed E-state index contributed by atoms with van der Waals surface area (Å²) in [7, 11) is 0. The van der Waals surface area contributed by atoms with Gasteiger partial charge >= 0.3 is 0 Å². The van der Waals surface area contributed by atoms with Gasteiger partial charge in [-0.15, -0.1) is 11.8 Å². The molecule has 0 saturated carbocycles. The van der Waals surface area contributed by atoms with Gasteiger partial charge in [-0.1, -0.05) is 32.0 Å². The molecule has 2 rings (SSSR count). The second-order valence-electron chi connectivity index (χ2n) is 4.88. The number of hydrogen-bond donors (Lipinski definition) is 1. The van der Waals surface area contributed by atoms with E-state index >= 15 is 0 Å². The Morgan fingerprint density at radius 2 is 2.21 bits per heavy atom. The van der Waals surface area contributed by atoms with Gasteiger partial charge in [0.25, 0.3) is 0 Å². The molecule has 1 fully saturated rings. The fraction of sp³-hybridized carbons (Fsp3) is 0.500. The lowest BCUT2D eigenvalue weighted by molar-refractivity contribution is -0.128. The summed E-state index contributed by atoms with van der Waals surface area (Å²) in [5.41, 5.74) is 0.600. The van der Waals surface area contributed by atoms with E-state index in [1.807, 2.05) is 6.07 Å². The molecule has 0 bridgehead atoms. The number of carbonyl (C=O) groups is 1. The molecule has 1 aliphatic heterocycles. The van der Waals surface area contributed by atoms with Crippen molar-refractivity contribution in [2.75, 3.05) is 18.8 Å². The summed E-state index contributed by atoms with van der Waals surface area (Å²) >= 11 is 1.49. The summed E-state index contributed by atoms with van der Waals surface area (Å²) < 4.78 is 13.8. The molecule has 5 heteroatoms. The molecule has 1 aliphatic rings. The van der Waals surface area contributed by atoms with Gasteiger partial charge in [-0.25, -0.2) is 4.39 Å². The van der Waals surface area contributed by atoms with E-state index < -0.39 is 0 Å². The topological polar surface area (TPSA) is 32.3 Å². The number of nitrogens with zero attached hydrogens (tertiary/aromatic N) is 1. The lowest BCUT2D eigenvalue weighted by atomic mass is 10.2. The van der Waals surface area contributed by atoms with Crippen molar-refractivity contribution in [3.63, 3.8) is 0 Å². The maximum absolute atomic E-state index is 13.8. The molecule has 1 saturated heterocycles. The maximum atomic E-state index is 13.8. The van der Waals surface area contributed by atoms with Crippen LogP contribution >= 0.6 is 11.8 Å². The molecule has 1 aromatic rings. The quantitative estimate of drug-likeness (QED) is 0.900. The predicted octanol–water partition coefficient (Wildman–Crippen LogP) is 2.40. The predicted molar refractivity (Wildman–Crippen MR) is 76.5 cm³/mol. The molecular formula is C14H19FN2OS. The van der Waals surface area contributed by atoms with Crippen LogP contribution < -0.4 is 5.32 Å². The first-order valence-electron chi connectivity index (χ1n) is 6.48. The molecule has 0 spiro atoms. The molecule has 1 atom stereocenters. The molecule has 1 aromatic carbocycles. The van der Waals surface area contributed by atoms with Crippen LogP contribution in [0.15, 0.2) is 24.3 Å². The lowest BCUT2D eigenvalue weighted by Crippen LogP contribution is -2.37. The third kappa shape index (κ3) is 3.48. The van der Waals surface area contributed by atoms with Crippen LogP contribution in [-0.4, -0.2) is 35.7 Å². The zero-order chi connectivity index (χ0) is 13.8. The number of thioether (sulfide) groups is 1. The highest BCUT2D eigenvalue weighted by atomic mass is 32.2. The Bertz CT molecular complexity index is 453. The molecule has 0 unspecified atom stereocenters. The van der Waals surface area contributed by atoms with E-state index in [9.17, 15) is 9.18 Å². The number of halogens is 1. The molecule has 0 aromatic heterocycles. The molecule has 1 N–H and O–H groups in total. The average Bonchev–Trinajstić information content (AvgIpc) is 2.72. The third-order valence-electron chi connectivity index (χ3n) is 3.04. The molecule has 1 amide bonds. The van der Waals surface area contributed by atoms with E-state index in [1.165, 1.54) is 17.8 Å². The maximum Gasteiger partial charge on any atom is 0.233 e. The molecule has 104 valence electrons. The highest BCUT2D eigenvalue weighted by Crippen LogP contribution is 2.39. The number of rotatable bonds is 5. The number of amides is 1. The van der Waals surface area contributed by atoms with Crippen molar-refractivity contribution in [3.05, 3.63) is 35.6 Å². The van der Waals surface area contributed by atoms with Crippen LogP contribution in [0.2, 0.25) is 0 Å². The van der Waals surface area contributed by atoms with Gasteiger partial charge in [-0.3, -0.25) is 4.79 Å². The Kier molecular flexibility index (Phi) is 4.82. The minimum Gasteiger partial charge on any atom is -0.324 e. The van der Waals surface area contributed by atoms with E-state index in [0.29, 0.717) is 23.9 Å². The zero-order valence-corrected chi connectivity index (χ0v) is 12.0. The average molecular weight is 282 g/mol. The van der Waals surface area contributed by atoms with Crippen LogP contribution in [0.3, 0.4) is 0 Å². The van der Waals surface area contributed by atoms with Gasteiger partial charge < -0.3 is 10.2 Å². The van der Waals surface area contributed by atoms with Crippen LogP contribution in [0.5, 0.6) is 0 Å². The molecule has 19 heavy (non-hydrogen) atoms. The Hall–Kier alpha value is -1.07. The molecular weight excluding hydrogens is 263 g/mol. The van der Waals surface area contributed by atoms with Crippen molar-refractivity contribution in [2.45, 2.75) is 25.3 Å². The van der Waals surface area contributed by atoms with Crippen molar-refractivity contribution in [1.29, 1.82) is 0 Å². The van der Waals surface area contributed by atoms with Crippen molar-refractivity contribution >= 4 is 17.7 Å². The van der Waals surface area contributed by atoms with Gasteiger partial charge in [-0.2, -0.15) is 0 Å². The molecule has 0 radical (unpaired) electrons. The van der Waals surface area contributed by atoms with Gasteiger partial charge in [0.2, 0.25) is 5.91 Å². The van der Waals surface area contributed by atoms with Crippen LogP contribution in [0, 0.1) is 5.82 Å². The first kappa shape index (κ1) is 14.3. The minimum atomic E-state index is -0.239. The Labute approximate surface area is 117 Å². The molecule has 1 heterocycles. The Morgan fingerprint density at radius 1 is 1.47 bits per heavy atom. The lowest BCUT2D eigenvalue weighted by Gasteiger charge is -2.25. The standard InChI is InChI=1S/C14H19FN2OS/c1-10(2)16-7-8-17-13(18)9-19-14(17)11-5-3-4-6-12(11)15/h3-6,10,14,16H,7-9H2,1-2H3/t14-/m0/s1. The SMILES string of the molecule is CC(C)NCCN1C(=O)CS[C@H]1c1ccccc1F. The summed E-state index contributed by atoms with van der Waals surface area (Å²) in [6, 6.07) is 7.08. The van der Waals surface area contributed by atoms with E-state index in [1.54, 1.807) is 17.0 Å². The van der Waals surface area contributed by atoms with Gasteiger partial charge in [0, 0.05) is 24.7 Å². The van der Waals surface area contributed by atoms with E-state index in [2.05, 4.69) is 19.2 Å². The summed E-state index contributed by atoms with van der Waals surface area (Å²) in [6.07, 6.45) is 0. The number of nitrogens with one attached hydrogen (secondary N) is 1. The van der Waals surface area contributed by atoms with Crippen LogP contribution in [0.4, 0.5) is 4.39 Å². The first-order chi connectivity index (χ1) is 9.09. The Balaban J connectivity index is 2.07. The number of carbonyl (C=O) groups excluding carboxylic acids is 1. The van der Waals surface area contributed by atoms with Gasteiger partial charge in [0.05, 0.1) is 5.75 Å². The number of benzene rings is 1. The van der Waals surface area contributed by atoms with Crippen molar-refractivity contribution in [3.8, 4) is 0 Å². The monoisotopic (exact) mass is 282 g/mol. The highest BCUT2D eigenvalue weighted by molar-refractivity contribution is 8.00. The second-order valence-corrected chi connectivity index (χ2v) is 5.95. The van der Waals surface area contributed by atoms with E-state index in [0.717, 1.165) is 6.54 Å². The molecule has 3 nitrogen and oxygen atoms in total. The number of hydrogen-bond acceptors (Lipinski definition) is 3. The molecule has 0 aliphatic carbocycles. The largest absolute Gasteiger partial charge is 0.324 e. The van der Waals surface area contributed by atoms with E-state index in [-0.39, 0.29) is 17.1 Å². The van der Waals surface area contributed by atoms with E-state index in [4.69, 9.17) is 0 Å². The van der Waals surface area contributed by atoms with Crippen LogP contribution in [0.25, 0.3) is 0 Å². The minimum absolute atomic E-state index is 0.0869. The Morgan fingerprint density at radius 3 is 2.89 bits per heavy atom. The first-order valence-corrected chi connectivity index (χ1v) is 7.53. The summed E-state index contributed by atoms with van der Waals surface area (Å²) in [5.74, 6) is 0.279.